The fraction of sp³-hybridized carbons (Fsp3) is 0.333. The molecule has 1 aromatic carbocycles. The topological polar surface area (TPSA) is 88.3 Å². The number of fused-ring (bicyclic) bond motifs is 1. The van der Waals surface area contributed by atoms with Gasteiger partial charge in [-0.1, -0.05) is 17.7 Å². The third kappa shape index (κ3) is 3.72. The Kier molecular flexibility index (Phi) is 5.31. The second kappa shape index (κ2) is 8.15. The molecule has 2 aliphatic rings. The third-order valence-electron chi connectivity index (χ3n) is 6.16. The van der Waals surface area contributed by atoms with Crippen LogP contribution in [0.4, 0.5) is 11.4 Å². The molecule has 1 atom stereocenters. The lowest BCUT2D eigenvalue weighted by atomic mass is 9.99. The minimum atomic E-state index is -0.277. The molecule has 5 rings (SSSR count). The first kappa shape index (κ1) is 20.8. The van der Waals surface area contributed by atoms with Gasteiger partial charge in [-0.2, -0.15) is 0 Å². The van der Waals surface area contributed by atoms with Crippen molar-refractivity contribution in [2.75, 3.05) is 25.1 Å². The predicted octanol–water partition coefficient (Wildman–Crippen LogP) is 4.63. The summed E-state index contributed by atoms with van der Waals surface area (Å²) in [5, 5.41) is 7.07. The summed E-state index contributed by atoms with van der Waals surface area (Å²) in [7, 11) is 0. The van der Waals surface area contributed by atoms with Crippen LogP contribution < -0.4 is 15.4 Å². The number of pyridine rings is 1. The molecule has 7 nitrogen and oxygen atoms in total. The van der Waals surface area contributed by atoms with E-state index in [-0.39, 0.29) is 11.5 Å². The van der Waals surface area contributed by atoms with E-state index in [1.807, 2.05) is 38.1 Å². The van der Waals surface area contributed by atoms with Crippen LogP contribution in [0.5, 0.6) is 5.75 Å². The van der Waals surface area contributed by atoms with E-state index < -0.39 is 0 Å². The highest BCUT2D eigenvalue weighted by Gasteiger charge is 2.34. The van der Waals surface area contributed by atoms with Crippen LogP contribution in [0.15, 0.2) is 36.7 Å². The van der Waals surface area contributed by atoms with Gasteiger partial charge in [-0.3, -0.25) is 9.78 Å². The molecule has 4 heterocycles. The number of carbonyl (C=O) groups is 1. The van der Waals surface area contributed by atoms with E-state index in [1.165, 1.54) is 0 Å². The van der Waals surface area contributed by atoms with E-state index in [2.05, 4.69) is 20.6 Å². The standard InChI is InChI=1S/C24H25ClN4O3/c1-14-16(25)4-3-5-17(14)28-22-20-18(7-10-27-23(20)30)29-21(22)15-6-9-26-12-19(15)31-13-24(2)8-11-32-24/h3-6,9,12,28-29H,7-8,10-11,13H2,1-2H3,(H,27,30)/t24-/m0/s1. The van der Waals surface area contributed by atoms with Crippen molar-refractivity contribution in [1.82, 2.24) is 15.3 Å². The number of aromatic amines is 1. The highest BCUT2D eigenvalue weighted by atomic mass is 35.5. The summed E-state index contributed by atoms with van der Waals surface area (Å²) in [6.45, 7) is 5.77. The van der Waals surface area contributed by atoms with Gasteiger partial charge in [-0.25, -0.2) is 0 Å². The number of nitrogens with one attached hydrogen (secondary N) is 3. The summed E-state index contributed by atoms with van der Waals surface area (Å²) in [5.74, 6) is 0.525. The van der Waals surface area contributed by atoms with Gasteiger partial charge < -0.3 is 25.1 Å². The summed E-state index contributed by atoms with van der Waals surface area (Å²) in [5.41, 5.74) is 5.28. The lowest BCUT2D eigenvalue weighted by molar-refractivity contribution is -0.152. The van der Waals surface area contributed by atoms with E-state index >= 15 is 0 Å². The van der Waals surface area contributed by atoms with Crippen molar-refractivity contribution in [1.29, 1.82) is 0 Å². The summed E-state index contributed by atoms with van der Waals surface area (Å²) in [6.07, 6.45) is 5.10. The Labute approximate surface area is 191 Å². The number of anilines is 2. The zero-order valence-electron chi connectivity index (χ0n) is 18.0. The molecule has 0 spiro atoms. The van der Waals surface area contributed by atoms with Crippen molar-refractivity contribution in [3.8, 4) is 17.0 Å². The number of benzene rings is 1. The SMILES string of the molecule is Cc1c(Cl)cccc1Nc1c(-c2ccncc2OC[C@]2(C)CCO2)[nH]c2c1C(=O)NCC2. The number of aromatic nitrogens is 2. The lowest BCUT2D eigenvalue weighted by Gasteiger charge is -2.38. The van der Waals surface area contributed by atoms with E-state index in [4.69, 9.17) is 21.1 Å². The van der Waals surface area contributed by atoms with Crippen molar-refractivity contribution in [3.05, 3.63) is 58.5 Å². The number of rotatable bonds is 6. The Hall–Kier alpha value is -3.03. The zero-order chi connectivity index (χ0) is 22.3. The molecule has 0 unspecified atom stereocenters. The monoisotopic (exact) mass is 452 g/mol. The summed E-state index contributed by atoms with van der Waals surface area (Å²) in [6, 6.07) is 7.57. The van der Waals surface area contributed by atoms with E-state index in [1.54, 1.807) is 12.4 Å². The third-order valence-corrected chi connectivity index (χ3v) is 6.57. The van der Waals surface area contributed by atoms with Crippen LogP contribution >= 0.6 is 11.6 Å². The van der Waals surface area contributed by atoms with Gasteiger partial charge in [0.1, 0.15) is 18.0 Å². The first-order chi connectivity index (χ1) is 15.5. The van der Waals surface area contributed by atoms with Gasteiger partial charge in [-0.15, -0.1) is 0 Å². The van der Waals surface area contributed by atoms with Gasteiger partial charge >= 0.3 is 0 Å². The molecule has 3 N–H and O–H groups in total. The van der Waals surface area contributed by atoms with Crippen LogP contribution in [0.3, 0.4) is 0 Å². The fourth-order valence-corrected chi connectivity index (χ4v) is 4.25. The molecule has 2 aliphatic heterocycles. The maximum absolute atomic E-state index is 12.8. The Morgan fingerprint density at radius 2 is 2.19 bits per heavy atom. The Bertz CT molecular complexity index is 1190. The first-order valence-corrected chi connectivity index (χ1v) is 11.1. The smallest absolute Gasteiger partial charge is 0.255 e. The van der Waals surface area contributed by atoms with Gasteiger partial charge in [-0.05, 0) is 37.6 Å². The molecule has 32 heavy (non-hydrogen) atoms. The van der Waals surface area contributed by atoms with Gasteiger partial charge in [0.25, 0.3) is 5.91 Å². The molecule has 0 bridgehead atoms. The maximum Gasteiger partial charge on any atom is 0.255 e. The average molecular weight is 453 g/mol. The molecule has 166 valence electrons. The van der Waals surface area contributed by atoms with Gasteiger partial charge in [0, 0.05) is 47.6 Å². The number of H-pyrrole nitrogens is 1. The van der Waals surface area contributed by atoms with Gasteiger partial charge in [0.15, 0.2) is 0 Å². The Balaban J connectivity index is 1.59. The normalized spacial score (nSPS) is 19.7. The minimum absolute atomic E-state index is 0.108. The van der Waals surface area contributed by atoms with Crippen LogP contribution in [-0.4, -0.2) is 41.2 Å². The highest BCUT2D eigenvalue weighted by molar-refractivity contribution is 6.31. The van der Waals surface area contributed by atoms with Crippen molar-refractivity contribution < 1.29 is 14.3 Å². The molecule has 1 saturated heterocycles. The minimum Gasteiger partial charge on any atom is -0.488 e. The lowest BCUT2D eigenvalue weighted by Crippen LogP contribution is -2.45. The van der Waals surface area contributed by atoms with Crippen LogP contribution in [0.2, 0.25) is 5.02 Å². The quantitative estimate of drug-likeness (QED) is 0.507. The predicted molar refractivity (Wildman–Crippen MR) is 124 cm³/mol. The van der Waals surface area contributed by atoms with Crippen molar-refractivity contribution in [2.45, 2.75) is 32.3 Å². The Morgan fingerprint density at radius 3 is 2.97 bits per heavy atom. The second-order valence-electron chi connectivity index (χ2n) is 8.48. The molecule has 0 radical (unpaired) electrons. The van der Waals surface area contributed by atoms with Crippen LogP contribution in [0, 0.1) is 6.92 Å². The molecule has 8 heteroatoms. The average Bonchev–Trinajstić information content (AvgIpc) is 3.14. The molecule has 1 fully saturated rings. The van der Waals surface area contributed by atoms with Crippen molar-refractivity contribution in [3.63, 3.8) is 0 Å². The van der Waals surface area contributed by atoms with Crippen LogP contribution in [-0.2, 0) is 11.2 Å². The Morgan fingerprint density at radius 1 is 1.34 bits per heavy atom. The van der Waals surface area contributed by atoms with Gasteiger partial charge in [0.2, 0.25) is 0 Å². The maximum atomic E-state index is 12.8. The highest BCUT2D eigenvalue weighted by Crippen LogP contribution is 2.41. The summed E-state index contributed by atoms with van der Waals surface area (Å²) >= 11 is 6.34. The molecule has 1 amide bonds. The number of carbonyl (C=O) groups excluding carboxylic acids is 1. The van der Waals surface area contributed by atoms with Crippen molar-refractivity contribution in [2.24, 2.45) is 0 Å². The summed E-state index contributed by atoms with van der Waals surface area (Å²) < 4.78 is 11.8. The van der Waals surface area contributed by atoms with Crippen LogP contribution in [0.1, 0.15) is 35.0 Å². The van der Waals surface area contributed by atoms with Crippen molar-refractivity contribution >= 4 is 28.9 Å². The second-order valence-corrected chi connectivity index (χ2v) is 8.89. The summed E-state index contributed by atoms with van der Waals surface area (Å²) in [4.78, 5) is 20.6. The zero-order valence-corrected chi connectivity index (χ0v) is 18.8. The first-order valence-electron chi connectivity index (χ1n) is 10.7. The molecule has 0 aliphatic carbocycles. The van der Waals surface area contributed by atoms with E-state index in [0.29, 0.717) is 35.2 Å². The van der Waals surface area contributed by atoms with E-state index in [0.717, 1.165) is 47.7 Å². The van der Waals surface area contributed by atoms with Crippen LogP contribution in [0.25, 0.3) is 11.3 Å². The number of halogens is 1. The van der Waals surface area contributed by atoms with Gasteiger partial charge in [0.05, 0.1) is 29.7 Å². The number of amides is 1. The molecular weight excluding hydrogens is 428 g/mol. The number of hydrogen-bond donors (Lipinski definition) is 3. The molecule has 0 saturated carbocycles. The number of hydrogen-bond acceptors (Lipinski definition) is 5. The molecular formula is C24H25ClN4O3. The fourth-order valence-electron chi connectivity index (χ4n) is 4.08. The van der Waals surface area contributed by atoms with E-state index in [9.17, 15) is 4.79 Å². The molecule has 2 aromatic heterocycles. The number of nitrogens with zero attached hydrogens (tertiary/aromatic N) is 1. The molecule has 3 aromatic rings. The largest absolute Gasteiger partial charge is 0.488 e. The number of ether oxygens (including phenoxy) is 2.